The van der Waals surface area contributed by atoms with E-state index in [0.29, 0.717) is 18.7 Å². The van der Waals surface area contributed by atoms with Gasteiger partial charge in [0.25, 0.3) is 0 Å². The third-order valence-corrected chi connectivity index (χ3v) is 3.32. The molecule has 0 radical (unpaired) electrons. The Bertz CT molecular complexity index is 689. The van der Waals surface area contributed by atoms with E-state index in [1.165, 1.54) is 0 Å². The molecule has 1 saturated heterocycles. The van der Waals surface area contributed by atoms with Gasteiger partial charge in [-0.2, -0.15) is 0 Å². The Morgan fingerprint density at radius 2 is 2.11 bits per heavy atom. The van der Waals surface area contributed by atoms with Gasteiger partial charge in [0, 0.05) is 37.3 Å². The van der Waals surface area contributed by atoms with Gasteiger partial charge in [-0.1, -0.05) is 0 Å². The average molecular weight is 258 g/mol. The predicted molar refractivity (Wildman–Crippen MR) is 72.8 cm³/mol. The molecular weight excluding hydrogens is 244 g/mol. The summed E-state index contributed by atoms with van der Waals surface area (Å²) in [5, 5.41) is 3.30. The zero-order valence-corrected chi connectivity index (χ0v) is 10.5. The molecule has 0 aliphatic carbocycles. The molecule has 1 fully saturated rings. The number of carbonyl (C=O) groups is 2. The zero-order valence-electron chi connectivity index (χ0n) is 10.5. The van der Waals surface area contributed by atoms with E-state index in [-0.39, 0.29) is 5.91 Å². The Kier molecular flexibility index (Phi) is 2.45. The van der Waals surface area contributed by atoms with E-state index < -0.39 is 6.03 Å². The molecule has 6 heteroatoms. The second kappa shape index (κ2) is 4.01. The number of nitrogens with zero attached hydrogens (tertiary/aromatic N) is 2. The lowest BCUT2D eigenvalue weighted by Gasteiger charge is -2.27. The number of amides is 3. The van der Waals surface area contributed by atoms with Crippen molar-refractivity contribution in [3.05, 3.63) is 24.4 Å². The molecule has 1 aromatic heterocycles. The maximum atomic E-state index is 11.9. The summed E-state index contributed by atoms with van der Waals surface area (Å²) in [4.78, 5) is 24.7. The van der Waals surface area contributed by atoms with Crippen LogP contribution in [0, 0.1) is 0 Å². The Labute approximate surface area is 109 Å². The highest BCUT2D eigenvalue weighted by molar-refractivity contribution is 6.10. The van der Waals surface area contributed by atoms with Gasteiger partial charge in [-0.3, -0.25) is 15.0 Å². The number of aryl methyl sites for hydroxylation is 1. The first-order chi connectivity index (χ1) is 9.06. The predicted octanol–water partition coefficient (Wildman–Crippen LogP) is 1.21. The SMILES string of the molecule is Cn1ccc2cc(N)cc(N3CCC(=O)NC3=O)c21. The smallest absolute Gasteiger partial charge is 0.328 e. The first-order valence-electron chi connectivity index (χ1n) is 6.02. The maximum absolute atomic E-state index is 11.9. The fraction of sp³-hybridized carbons (Fsp3) is 0.231. The van der Waals surface area contributed by atoms with Crippen molar-refractivity contribution in [1.29, 1.82) is 0 Å². The largest absolute Gasteiger partial charge is 0.399 e. The summed E-state index contributed by atoms with van der Waals surface area (Å²) in [6.45, 7) is 0.369. The Morgan fingerprint density at radius 3 is 2.84 bits per heavy atom. The minimum absolute atomic E-state index is 0.242. The standard InChI is InChI=1S/C13H14N4O2/c1-16-4-2-8-6-9(14)7-10(12(8)16)17-5-3-11(18)15-13(17)19/h2,4,6-7H,3,5,14H2,1H3,(H,15,18,19). The number of nitrogens with one attached hydrogen (secondary N) is 1. The molecule has 0 spiro atoms. The van der Waals surface area contributed by atoms with Crippen LogP contribution in [0.3, 0.4) is 0 Å². The molecule has 19 heavy (non-hydrogen) atoms. The van der Waals surface area contributed by atoms with Gasteiger partial charge in [0.1, 0.15) is 0 Å². The van der Waals surface area contributed by atoms with Crippen LogP contribution in [0.4, 0.5) is 16.2 Å². The number of rotatable bonds is 1. The fourth-order valence-corrected chi connectivity index (χ4v) is 2.44. The van der Waals surface area contributed by atoms with Gasteiger partial charge in [-0.15, -0.1) is 0 Å². The number of urea groups is 1. The normalized spacial score (nSPS) is 15.9. The summed E-state index contributed by atoms with van der Waals surface area (Å²) in [5.41, 5.74) is 8.13. The third kappa shape index (κ3) is 1.81. The molecule has 6 nitrogen and oxygen atoms in total. The van der Waals surface area contributed by atoms with E-state index in [4.69, 9.17) is 5.73 Å². The number of nitrogens with two attached hydrogens (primary N) is 1. The molecule has 0 saturated carbocycles. The number of nitrogen functional groups attached to an aromatic ring is 1. The molecular formula is C13H14N4O2. The van der Waals surface area contributed by atoms with Crippen LogP contribution in [0.15, 0.2) is 24.4 Å². The van der Waals surface area contributed by atoms with Crippen molar-refractivity contribution < 1.29 is 9.59 Å². The summed E-state index contributed by atoms with van der Waals surface area (Å²) >= 11 is 0. The Balaban J connectivity index is 2.16. The first kappa shape index (κ1) is 11.6. The van der Waals surface area contributed by atoms with Crippen LogP contribution in [0.25, 0.3) is 10.9 Å². The van der Waals surface area contributed by atoms with Crippen molar-refractivity contribution in [3.8, 4) is 0 Å². The number of hydrogen-bond acceptors (Lipinski definition) is 3. The van der Waals surface area contributed by atoms with Crippen molar-refractivity contribution in [3.63, 3.8) is 0 Å². The number of anilines is 2. The molecule has 2 heterocycles. The lowest BCUT2D eigenvalue weighted by molar-refractivity contribution is -0.120. The van der Waals surface area contributed by atoms with Crippen molar-refractivity contribution in [2.75, 3.05) is 17.2 Å². The number of aromatic nitrogens is 1. The topological polar surface area (TPSA) is 80.4 Å². The lowest BCUT2D eigenvalue weighted by Crippen LogP contribution is -2.49. The molecule has 3 amide bonds. The maximum Gasteiger partial charge on any atom is 0.328 e. The van der Waals surface area contributed by atoms with Crippen molar-refractivity contribution in [1.82, 2.24) is 9.88 Å². The number of fused-ring (bicyclic) bond motifs is 1. The van der Waals surface area contributed by atoms with Gasteiger partial charge in [0.2, 0.25) is 5.91 Å². The number of imide groups is 1. The molecule has 0 unspecified atom stereocenters. The number of benzene rings is 1. The van der Waals surface area contributed by atoms with Crippen LogP contribution in [0.1, 0.15) is 6.42 Å². The van der Waals surface area contributed by atoms with Crippen LogP contribution >= 0.6 is 0 Å². The minimum Gasteiger partial charge on any atom is -0.399 e. The molecule has 1 aliphatic rings. The van der Waals surface area contributed by atoms with E-state index in [1.807, 2.05) is 29.9 Å². The lowest BCUT2D eigenvalue weighted by atomic mass is 10.1. The average Bonchev–Trinajstić information content (AvgIpc) is 2.70. The second-order valence-corrected chi connectivity index (χ2v) is 4.66. The third-order valence-electron chi connectivity index (χ3n) is 3.32. The summed E-state index contributed by atoms with van der Waals surface area (Å²) in [5.74, 6) is -0.242. The zero-order chi connectivity index (χ0) is 13.6. The van der Waals surface area contributed by atoms with Crippen molar-refractivity contribution >= 4 is 34.2 Å². The van der Waals surface area contributed by atoms with Gasteiger partial charge in [-0.05, 0) is 18.2 Å². The molecule has 0 atom stereocenters. The molecule has 1 aromatic carbocycles. The molecule has 3 N–H and O–H groups in total. The van der Waals surface area contributed by atoms with Crippen molar-refractivity contribution in [2.45, 2.75) is 6.42 Å². The summed E-state index contributed by atoms with van der Waals surface area (Å²) in [6, 6.07) is 5.18. The quantitative estimate of drug-likeness (QED) is 0.754. The van der Waals surface area contributed by atoms with Gasteiger partial charge >= 0.3 is 6.03 Å². The van der Waals surface area contributed by atoms with E-state index >= 15 is 0 Å². The van der Waals surface area contributed by atoms with Gasteiger partial charge in [0.15, 0.2) is 0 Å². The summed E-state index contributed by atoms with van der Waals surface area (Å²) < 4.78 is 1.94. The fourth-order valence-electron chi connectivity index (χ4n) is 2.44. The van der Waals surface area contributed by atoms with Gasteiger partial charge < -0.3 is 10.3 Å². The van der Waals surface area contributed by atoms with Crippen LogP contribution in [-0.2, 0) is 11.8 Å². The molecule has 2 aromatic rings. The Hall–Kier alpha value is -2.50. The molecule has 1 aliphatic heterocycles. The van der Waals surface area contributed by atoms with Crippen LogP contribution in [0.5, 0.6) is 0 Å². The minimum atomic E-state index is -0.399. The van der Waals surface area contributed by atoms with E-state index in [0.717, 1.165) is 16.6 Å². The highest BCUT2D eigenvalue weighted by Gasteiger charge is 2.26. The number of hydrogen-bond donors (Lipinski definition) is 2. The highest BCUT2D eigenvalue weighted by atomic mass is 16.2. The van der Waals surface area contributed by atoms with Crippen LogP contribution in [-0.4, -0.2) is 23.1 Å². The highest BCUT2D eigenvalue weighted by Crippen LogP contribution is 2.31. The van der Waals surface area contributed by atoms with Crippen LogP contribution < -0.4 is 16.0 Å². The van der Waals surface area contributed by atoms with E-state index in [9.17, 15) is 9.59 Å². The van der Waals surface area contributed by atoms with E-state index in [1.54, 1.807) is 11.0 Å². The van der Waals surface area contributed by atoms with Crippen molar-refractivity contribution in [2.24, 2.45) is 7.05 Å². The van der Waals surface area contributed by atoms with Gasteiger partial charge in [0.05, 0.1) is 11.2 Å². The molecule has 0 bridgehead atoms. The summed E-state index contributed by atoms with van der Waals surface area (Å²) in [7, 11) is 1.91. The summed E-state index contributed by atoms with van der Waals surface area (Å²) in [6.07, 6.45) is 2.22. The molecule has 98 valence electrons. The Morgan fingerprint density at radius 1 is 1.32 bits per heavy atom. The van der Waals surface area contributed by atoms with E-state index in [2.05, 4.69) is 5.32 Å². The monoisotopic (exact) mass is 258 g/mol. The molecule has 3 rings (SSSR count). The van der Waals surface area contributed by atoms with Crippen LogP contribution in [0.2, 0.25) is 0 Å². The number of carbonyl (C=O) groups excluding carboxylic acids is 2. The van der Waals surface area contributed by atoms with Gasteiger partial charge in [-0.25, -0.2) is 4.79 Å². The first-order valence-corrected chi connectivity index (χ1v) is 6.02. The second-order valence-electron chi connectivity index (χ2n) is 4.66.